The molecule has 1 N–H and O–H groups in total. The van der Waals surface area contributed by atoms with Crippen LogP contribution in [0.1, 0.15) is 17.7 Å². The first-order valence-electron chi connectivity index (χ1n) is 12.5. The van der Waals surface area contributed by atoms with Crippen molar-refractivity contribution in [2.24, 2.45) is 0 Å². The quantitative estimate of drug-likeness (QED) is 0.429. The van der Waals surface area contributed by atoms with Crippen molar-refractivity contribution in [3.63, 3.8) is 0 Å². The number of piperidine rings is 1. The minimum absolute atomic E-state index is 0.0565. The van der Waals surface area contributed by atoms with Crippen LogP contribution in [0.15, 0.2) is 42.9 Å². The molecule has 2 fully saturated rings. The fourth-order valence-electron chi connectivity index (χ4n) is 4.43. The summed E-state index contributed by atoms with van der Waals surface area (Å²) in [6, 6.07) is 6.10. The fourth-order valence-corrected chi connectivity index (χ4v) is 5.05. The van der Waals surface area contributed by atoms with Gasteiger partial charge in [-0.1, -0.05) is 17.9 Å². The molecule has 38 heavy (non-hydrogen) atoms. The van der Waals surface area contributed by atoms with Gasteiger partial charge in [0.2, 0.25) is 0 Å². The average Bonchev–Trinajstić information content (AvgIpc) is 3.61. The summed E-state index contributed by atoms with van der Waals surface area (Å²) in [6.07, 6.45) is 6.26. The Morgan fingerprint density at radius 3 is 2.71 bits per heavy atom. The van der Waals surface area contributed by atoms with Crippen molar-refractivity contribution in [2.45, 2.75) is 25.5 Å². The summed E-state index contributed by atoms with van der Waals surface area (Å²) in [6.45, 7) is 9.07. The summed E-state index contributed by atoms with van der Waals surface area (Å²) in [7, 11) is 2.11. The maximum absolute atomic E-state index is 12.9. The molecule has 13 heteroatoms. The van der Waals surface area contributed by atoms with Crippen LogP contribution >= 0.6 is 11.3 Å². The zero-order valence-electron chi connectivity index (χ0n) is 21.3. The van der Waals surface area contributed by atoms with Gasteiger partial charge in [0.1, 0.15) is 28.7 Å². The van der Waals surface area contributed by atoms with Crippen LogP contribution in [0.5, 0.6) is 6.01 Å². The summed E-state index contributed by atoms with van der Waals surface area (Å²) in [4.78, 5) is 33.3. The Hall–Kier alpha value is -4.02. The van der Waals surface area contributed by atoms with E-state index >= 15 is 0 Å². The van der Waals surface area contributed by atoms with Crippen LogP contribution in [-0.2, 0) is 11.3 Å². The molecule has 3 aromatic heterocycles. The largest absolute Gasteiger partial charge is 0.460 e. The molecule has 0 bridgehead atoms. The lowest BCUT2D eigenvalue weighted by Gasteiger charge is -2.34. The van der Waals surface area contributed by atoms with Gasteiger partial charge in [-0.25, -0.2) is 4.98 Å². The van der Waals surface area contributed by atoms with Crippen LogP contribution in [0.2, 0.25) is 0 Å². The van der Waals surface area contributed by atoms with Crippen molar-refractivity contribution in [1.29, 1.82) is 5.26 Å². The second-order valence-electron chi connectivity index (χ2n) is 9.37. The van der Waals surface area contributed by atoms with Gasteiger partial charge in [-0.05, 0) is 13.1 Å². The molecule has 2 saturated heterocycles. The first-order valence-corrected chi connectivity index (χ1v) is 13.3. The molecule has 198 valence electrons. The monoisotopic (exact) mass is 534 g/mol. The van der Waals surface area contributed by atoms with E-state index in [9.17, 15) is 4.79 Å². The molecule has 3 aromatic rings. The van der Waals surface area contributed by atoms with E-state index in [0.717, 1.165) is 32.0 Å². The van der Waals surface area contributed by atoms with Gasteiger partial charge < -0.3 is 24.8 Å². The summed E-state index contributed by atoms with van der Waals surface area (Å²) >= 11 is 1.26. The highest BCUT2D eigenvalue weighted by Gasteiger charge is 2.27. The van der Waals surface area contributed by atoms with Crippen LogP contribution in [-0.4, -0.2) is 92.9 Å². The fraction of sp³-hybridized carbons (Fsp3) is 0.440. The van der Waals surface area contributed by atoms with E-state index in [1.54, 1.807) is 10.9 Å². The molecule has 1 amide bonds. The van der Waals surface area contributed by atoms with Crippen molar-refractivity contribution in [3.8, 4) is 12.1 Å². The summed E-state index contributed by atoms with van der Waals surface area (Å²) in [5, 5.41) is 17.0. The third-order valence-electron chi connectivity index (χ3n) is 6.59. The van der Waals surface area contributed by atoms with E-state index in [2.05, 4.69) is 49.9 Å². The first kappa shape index (κ1) is 25.6. The predicted molar refractivity (Wildman–Crippen MR) is 143 cm³/mol. The van der Waals surface area contributed by atoms with Gasteiger partial charge >= 0.3 is 6.01 Å². The first-order chi connectivity index (χ1) is 18.5. The summed E-state index contributed by atoms with van der Waals surface area (Å²) in [5.41, 5.74) is 0.508. The number of amides is 1. The molecule has 0 spiro atoms. The van der Waals surface area contributed by atoms with Crippen LogP contribution in [0, 0.1) is 11.3 Å². The molecule has 0 atom stereocenters. The number of rotatable bonds is 8. The molecule has 2 aliphatic heterocycles. The molecular formula is C25H30N10O2S. The molecular weight excluding hydrogens is 504 g/mol. The second-order valence-corrected chi connectivity index (χ2v) is 10.4. The van der Waals surface area contributed by atoms with E-state index in [1.165, 1.54) is 17.5 Å². The second kappa shape index (κ2) is 11.6. The molecule has 0 saturated carbocycles. The van der Waals surface area contributed by atoms with Gasteiger partial charge in [0.25, 0.3) is 5.91 Å². The summed E-state index contributed by atoms with van der Waals surface area (Å²) in [5.74, 6) is 1.29. The number of nitrogens with zero attached hydrogens (tertiary/aromatic N) is 9. The van der Waals surface area contributed by atoms with Crippen LogP contribution in [0.3, 0.4) is 0 Å². The predicted octanol–water partition coefficient (Wildman–Crippen LogP) is 2.12. The van der Waals surface area contributed by atoms with Crippen molar-refractivity contribution in [1.82, 2.24) is 34.5 Å². The summed E-state index contributed by atoms with van der Waals surface area (Å²) < 4.78 is 7.94. The molecule has 5 heterocycles. The van der Waals surface area contributed by atoms with Crippen molar-refractivity contribution in [3.05, 3.63) is 47.8 Å². The Balaban J connectivity index is 1.24. The molecule has 0 aliphatic carbocycles. The standard InChI is InChI=1S/C25H30N10O2S/c1-18(17-35-7-3-6-28-35)23(36)34-8-4-19(5-9-34)37-24-29-21(30-25-27-16-20(15-26)38-25)14-22(31-24)33-12-10-32(2)11-13-33/h3,6-7,14,16,19H,1,4-5,8-13,17H2,2H3,(H,27,29,30,31). The third-order valence-corrected chi connectivity index (χ3v) is 7.40. The number of carbonyl (C=O) groups excluding carboxylic acids is 1. The molecule has 0 unspecified atom stereocenters. The zero-order valence-corrected chi connectivity index (χ0v) is 22.1. The molecule has 0 radical (unpaired) electrons. The number of likely N-dealkylation sites (N-methyl/N-ethyl adjacent to an activating group) is 1. The number of likely N-dealkylation sites (tertiary alicyclic amines) is 1. The topological polar surface area (TPSA) is 128 Å². The molecule has 0 aromatic carbocycles. The third kappa shape index (κ3) is 6.27. The minimum atomic E-state index is -0.112. The Morgan fingerprint density at radius 2 is 2.03 bits per heavy atom. The SMILES string of the molecule is C=C(Cn1cccn1)C(=O)N1CCC(Oc2nc(Nc3ncc(C#N)s3)cc(N3CCN(C)CC3)n2)CC1. The minimum Gasteiger partial charge on any atom is -0.460 e. The van der Waals surface area contributed by atoms with Gasteiger partial charge in [0.15, 0.2) is 5.13 Å². The highest BCUT2D eigenvalue weighted by Crippen LogP contribution is 2.27. The van der Waals surface area contributed by atoms with Crippen LogP contribution in [0.4, 0.5) is 16.8 Å². The highest BCUT2D eigenvalue weighted by atomic mass is 32.1. The van der Waals surface area contributed by atoms with E-state index in [1.807, 2.05) is 23.2 Å². The normalized spacial score (nSPS) is 16.7. The van der Waals surface area contributed by atoms with E-state index in [4.69, 9.17) is 15.0 Å². The number of thiazole rings is 1. The number of aromatic nitrogens is 5. The van der Waals surface area contributed by atoms with Crippen LogP contribution < -0.4 is 15.0 Å². The number of piperazine rings is 1. The Labute approximate surface area is 225 Å². The van der Waals surface area contributed by atoms with Crippen LogP contribution in [0.25, 0.3) is 0 Å². The average molecular weight is 535 g/mol. The Bertz CT molecular complexity index is 1300. The van der Waals surface area contributed by atoms with Gasteiger partial charge in [-0.15, -0.1) is 0 Å². The number of nitriles is 1. The van der Waals surface area contributed by atoms with Gasteiger partial charge in [-0.2, -0.15) is 20.3 Å². The smallest absolute Gasteiger partial charge is 0.320 e. The van der Waals surface area contributed by atoms with E-state index in [-0.39, 0.29) is 18.0 Å². The van der Waals surface area contributed by atoms with Gasteiger partial charge in [-0.3, -0.25) is 9.48 Å². The number of ether oxygens (including phenoxy) is 1. The van der Waals surface area contributed by atoms with Crippen molar-refractivity contribution >= 4 is 34.0 Å². The number of hydrogen-bond donors (Lipinski definition) is 1. The van der Waals surface area contributed by atoms with E-state index in [0.29, 0.717) is 53.9 Å². The van der Waals surface area contributed by atoms with Gasteiger partial charge in [0.05, 0.1) is 12.7 Å². The van der Waals surface area contributed by atoms with Crippen molar-refractivity contribution in [2.75, 3.05) is 56.5 Å². The zero-order chi connectivity index (χ0) is 26.5. The van der Waals surface area contributed by atoms with Gasteiger partial charge in [0, 0.05) is 76.1 Å². The Kier molecular flexibility index (Phi) is 7.81. The lowest BCUT2D eigenvalue weighted by Crippen LogP contribution is -2.45. The maximum Gasteiger partial charge on any atom is 0.320 e. The number of carbonyl (C=O) groups is 1. The number of hydrogen-bond acceptors (Lipinski definition) is 11. The van der Waals surface area contributed by atoms with Crippen molar-refractivity contribution < 1.29 is 9.53 Å². The number of nitrogens with one attached hydrogen (secondary N) is 1. The lowest BCUT2D eigenvalue weighted by molar-refractivity contribution is -0.129. The lowest BCUT2D eigenvalue weighted by atomic mass is 10.1. The highest BCUT2D eigenvalue weighted by molar-refractivity contribution is 7.16. The van der Waals surface area contributed by atoms with E-state index < -0.39 is 0 Å². The molecule has 2 aliphatic rings. The maximum atomic E-state index is 12.9. The molecule has 12 nitrogen and oxygen atoms in total. The Morgan fingerprint density at radius 1 is 1.24 bits per heavy atom. The molecule has 5 rings (SSSR count). The number of anilines is 3.